The van der Waals surface area contributed by atoms with E-state index in [1.165, 1.54) is 4.88 Å². The molecule has 0 atom stereocenters. The topological polar surface area (TPSA) is 23.8 Å². The van der Waals surface area contributed by atoms with E-state index in [2.05, 4.69) is 40.7 Å². The van der Waals surface area contributed by atoms with Crippen molar-refractivity contribution in [1.29, 1.82) is 5.26 Å². The highest BCUT2D eigenvalue weighted by atomic mass is 79.9. The first-order valence-corrected chi connectivity index (χ1v) is 6.34. The van der Waals surface area contributed by atoms with Crippen LogP contribution in [0.1, 0.15) is 10.4 Å². The van der Waals surface area contributed by atoms with Gasteiger partial charge in [0, 0.05) is 25.2 Å². The Kier molecular flexibility index (Phi) is 2.82. The third-order valence-corrected chi connectivity index (χ3v) is 4.24. The monoisotopic (exact) mass is 283 g/mol. The molecule has 0 saturated heterocycles. The van der Waals surface area contributed by atoms with Crippen molar-refractivity contribution in [2.45, 2.75) is 10.2 Å². The first-order valence-electron chi connectivity index (χ1n) is 3.96. The smallest absolute Gasteiger partial charge is 0.0998 e. The molecule has 0 aliphatic carbocycles. The van der Waals surface area contributed by atoms with E-state index in [4.69, 9.17) is 5.26 Å². The molecule has 0 unspecified atom stereocenters. The van der Waals surface area contributed by atoms with Gasteiger partial charge in [-0.3, -0.25) is 0 Å². The molecule has 0 bridgehead atoms. The molecule has 0 saturated carbocycles. The van der Waals surface area contributed by atoms with Crippen LogP contribution >= 0.6 is 39.9 Å². The van der Waals surface area contributed by atoms with Crippen molar-refractivity contribution >= 4 is 50.0 Å². The van der Waals surface area contributed by atoms with Crippen molar-refractivity contribution in [2.75, 3.05) is 0 Å². The molecular formula is C10H6BrNS2. The van der Waals surface area contributed by atoms with Gasteiger partial charge in [0.15, 0.2) is 0 Å². The number of thiophene rings is 1. The Hall–Kier alpha value is -0.500. The molecule has 1 aromatic carbocycles. The summed E-state index contributed by atoms with van der Waals surface area (Å²) in [6, 6.07) is 8.04. The summed E-state index contributed by atoms with van der Waals surface area (Å²) in [6.45, 7) is 0. The molecule has 1 aromatic heterocycles. The van der Waals surface area contributed by atoms with E-state index in [1.54, 1.807) is 17.4 Å². The van der Waals surface area contributed by atoms with Crippen LogP contribution in [0.2, 0.25) is 0 Å². The molecule has 0 aliphatic heterocycles. The van der Waals surface area contributed by atoms with Crippen molar-refractivity contribution < 1.29 is 0 Å². The fourth-order valence-corrected chi connectivity index (χ4v) is 3.16. The summed E-state index contributed by atoms with van der Waals surface area (Å²) in [5, 5.41) is 10.8. The second kappa shape index (κ2) is 3.93. The Morgan fingerprint density at radius 1 is 1.43 bits per heavy atom. The van der Waals surface area contributed by atoms with Crippen LogP contribution in [0, 0.1) is 11.3 Å². The van der Waals surface area contributed by atoms with E-state index in [-0.39, 0.29) is 0 Å². The molecule has 0 spiro atoms. The Bertz CT molecular complexity index is 525. The molecule has 2 aromatic rings. The number of halogens is 1. The summed E-state index contributed by atoms with van der Waals surface area (Å²) >= 11 is 9.37. The molecule has 4 heteroatoms. The van der Waals surface area contributed by atoms with E-state index in [0.29, 0.717) is 5.56 Å². The van der Waals surface area contributed by atoms with Crippen LogP contribution < -0.4 is 0 Å². The van der Waals surface area contributed by atoms with Crippen LogP contribution in [0.3, 0.4) is 0 Å². The van der Waals surface area contributed by atoms with E-state index in [1.807, 2.05) is 6.07 Å². The molecule has 0 radical (unpaired) electrons. The molecule has 0 amide bonds. The molecule has 14 heavy (non-hydrogen) atoms. The maximum atomic E-state index is 8.95. The largest absolute Gasteiger partial charge is 0.192 e. The Labute approximate surface area is 99.9 Å². The summed E-state index contributed by atoms with van der Waals surface area (Å²) in [5.74, 6) is 0. The van der Waals surface area contributed by atoms with E-state index in [0.717, 1.165) is 20.3 Å². The van der Waals surface area contributed by atoms with Crippen LogP contribution in [0.5, 0.6) is 0 Å². The van der Waals surface area contributed by atoms with Gasteiger partial charge < -0.3 is 0 Å². The van der Waals surface area contributed by atoms with Crippen molar-refractivity contribution in [2.24, 2.45) is 0 Å². The fraction of sp³-hybridized carbons (Fsp3) is 0.100. The van der Waals surface area contributed by atoms with Crippen molar-refractivity contribution in [3.63, 3.8) is 0 Å². The van der Waals surface area contributed by atoms with Gasteiger partial charge in [-0.25, -0.2) is 0 Å². The summed E-state index contributed by atoms with van der Waals surface area (Å²) in [5.41, 5.74) is 0.705. The Balaban J connectivity index is 2.79. The third kappa shape index (κ3) is 1.68. The number of hydrogen-bond donors (Lipinski definition) is 1. The standard InChI is InChI=1S/C10H6BrNS2/c11-4-8-3-9-6(5-12)1-7(13)2-10(9)14-8/h1-3,13H,4H2. The van der Waals surface area contributed by atoms with E-state index >= 15 is 0 Å². The number of alkyl halides is 1. The average molecular weight is 284 g/mol. The van der Waals surface area contributed by atoms with Gasteiger partial charge >= 0.3 is 0 Å². The average Bonchev–Trinajstić information content (AvgIpc) is 2.59. The number of thiol groups is 1. The number of benzene rings is 1. The first kappa shape index (κ1) is 10.0. The molecule has 70 valence electrons. The lowest BCUT2D eigenvalue weighted by Crippen LogP contribution is -1.75. The van der Waals surface area contributed by atoms with Gasteiger partial charge in [0.05, 0.1) is 11.6 Å². The highest BCUT2D eigenvalue weighted by Crippen LogP contribution is 2.31. The minimum atomic E-state index is 0.705. The van der Waals surface area contributed by atoms with E-state index in [9.17, 15) is 0 Å². The number of nitriles is 1. The van der Waals surface area contributed by atoms with E-state index < -0.39 is 0 Å². The summed E-state index contributed by atoms with van der Waals surface area (Å²) in [7, 11) is 0. The zero-order valence-corrected chi connectivity index (χ0v) is 10.4. The van der Waals surface area contributed by atoms with Gasteiger partial charge in [-0.15, -0.1) is 24.0 Å². The molecule has 1 heterocycles. The van der Waals surface area contributed by atoms with Gasteiger partial charge in [0.1, 0.15) is 0 Å². The van der Waals surface area contributed by atoms with Gasteiger partial charge in [-0.1, -0.05) is 15.9 Å². The van der Waals surface area contributed by atoms with Crippen LogP contribution in [0.4, 0.5) is 0 Å². The molecule has 0 aliphatic rings. The van der Waals surface area contributed by atoms with Gasteiger partial charge in [0.25, 0.3) is 0 Å². The second-order valence-corrected chi connectivity index (χ2v) is 5.11. The number of hydrogen-bond acceptors (Lipinski definition) is 3. The summed E-state index contributed by atoms with van der Waals surface area (Å²) in [4.78, 5) is 2.08. The lowest BCUT2D eigenvalue weighted by Gasteiger charge is -1.94. The normalized spacial score (nSPS) is 10.4. The SMILES string of the molecule is N#Cc1cc(S)cc2sc(CBr)cc12. The summed E-state index contributed by atoms with van der Waals surface area (Å²) < 4.78 is 1.13. The molecular weight excluding hydrogens is 278 g/mol. The van der Waals surface area contributed by atoms with Crippen molar-refractivity contribution in [3.8, 4) is 6.07 Å². The van der Waals surface area contributed by atoms with Gasteiger partial charge in [0.2, 0.25) is 0 Å². The maximum absolute atomic E-state index is 8.95. The minimum absolute atomic E-state index is 0.705. The molecule has 1 nitrogen and oxygen atoms in total. The van der Waals surface area contributed by atoms with Crippen molar-refractivity contribution in [1.82, 2.24) is 0 Å². The third-order valence-electron chi connectivity index (χ3n) is 1.93. The number of nitrogens with zero attached hydrogens (tertiary/aromatic N) is 1. The second-order valence-electron chi connectivity index (χ2n) is 2.86. The summed E-state index contributed by atoms with van der Waals surface area (Å²) in [6.07, 6.45) is 0. The predicted molar refractivity (Wildman–Crippen MR) is 66.4 cm³/mol. The number of fused-ring (bicyclic) bond motifs is 1. The van der Waals surface area contributed by atoms with Gasteiger partial charge in [-0.2, -0.15) is 5.26 Å². The molecule has 0 fully saturated rings. The minimum Gasteiger partial charge on any atom is -0.192 e. The highest BCUT2D eigenvalue weighted by Gasteiger charge is 2.06. The first-order chi connectivity index (χ1) is 6.74. The molecule has 2 rings (SSSR count). The zero-order chi connectivity index (χ0) is 10.1. The number of rotatable bonds is 1. The van der Waals surface area contributed by atoms with Crippen LogP contribution in [-0.2, 0) is 5.33 Å². The molecule has 0 N–H and O–H groups in total. The van der Waals surface area contributed by atoms with Gasteiger partial charge in [-0.05, 0) is 18.2 Å². The lowest BCUT2D eigenvalue weighted by atomic mass is 10.1. The quantitative estimate of drug-likeness (QED) is 0.622. The maximum Gasteiger partial charge on any atom is 0.0998 e. The zero-order valence-electron chi connectivity index (χ0n) is 7.12. The highest BCUT2D eigenvalue weighted by molar-refractivity contribution is 9.08. The Morgan fingerprint density at radius 2 is 2.21 bits per heavy atom. The fourth-order valence-electron chi connectivity index (χ4n) is 1.34. The predicted octanol–water partition coefficient (Wildman–Crippen LogP) is 3.96. The van der Waals surface area contributed by atoms with Crippen LogP contribution in [0.25, 0.3) is 10.1 Å². The van der Waals surface area contributed by atoms with Crippen LogP contribution in [-0.4, -0.2) is 0 Å². The van der Waals surface area contributed by atoms with Crippen LogP contribution in [0.15, 0.2) is 23.1 Å². The Morgan fingerprint density at radius 3 is 2.86 bits per heavy atom. The lowest BCUT2D eigenvalue weighted by molar-refractivity contribution is 1.46. The van der Waals surface area contributed by atoms with Crippen molar-refractivity contribution in [3.05, 3.63) is 28.6 Å².